The maximum atomic E-state index is 12.1. The summed E-state index contributed by atoms with van der Waals surface area (Å²) in [6, 6.07) is 13.6. The van der Waals surface area contributed by atoms with Crippen LogP contribution in [0.3, 0.4) is 0 Å². The van der Waals surface area contributed by atoms with Crippen molar-refractivity contribution < 1.29 is 13.9 Å². The van der Waals surface area contributed by atoms with Crippen LogP contribution in [0.5, 0.6) is 0 Å². The first-order chi connectivity index (χ1) is 11.5. The van der Waals surface area contributed by atoms with Crippen molar-refractivity contribution in [3.8, 4) is 0 Å². The number of non-ortho nitro benzene ring substituents is 1. The number of aryl methyl sites for hydroxylation is 1. The highest BCUT2D eigenvalue weighted by atomic mass is 32.2. The van der Waals surface area contributed by atoms with Crippen molar-refractivity contribution >= 4 is 22.4 Å². The molecule has 0 spiro atoms. The van der Waals surface area contributed by atoms with E-state index >= 15 is 0 Å². The molecule has 1 amide bonds. The van der Waals surface area contributed by atoms with Gasteiger partial charge in [-0.1, -0.05) is 30.3 Å². The first-order valence-electron chi connectivity index (χ1n) is 7.39. The molecule has 2 rings (SSSR count). The number of nitro benzene ring substituents is 1. The van der Waals surface area contributed by atoms with Gasteiger partial charge >= 0.3 is 0 Å². The molecule has 2 aromatic carbocycles. The average molecular weight is 346 g/mol. The Morgan fingerprint density at radius 3 is 2.54 bits per heavy atom. The third-order valence-electron chi connectivity index (χ3n) is 3.45. The van der Waals surface area contributed by atoms with Gasteiger partial charge in [0, 0.05) is 46.5 Å². The highest BCUT2D eigenvalue weighted by Crippen LogP contribution is 2.17. The Balaban J connectivity index is 1.85. The largest absolute Gasteiger partial charge is 0.351 e. The summed E-state index contributed by atoms with van der Waals surface area (Å²) in [6.45, 7) is 1.93. The van der Waals surface area contributed by atoms with Crippen LogP contribution in [0.15, 0.2) is 48.5 Å². The summed E-state index contributed by atoms with van der Waals surface area (Å²) in [6.07, 6.45) is 0. The number of amides is 1. The van der Waals surface area contributed by atoms with Crippen molar-refractivity contribution in [1.82, 2.24) is 5.32 Å². The van der Waals surface area contributed by atoms with Gasteiger partial charge in [-0.05, 0) is 24.1 Å². The summed E-state index contributed by atoms with van der Waals surface area (Å²) in [5, 5.41) is 13.4. The first kappa shape index (κ1) is 17.8. The maximum Gasteiger partial charge on any atom is 0.269 e. The second kappa shape index (κ2) is 8.35. The molecule has 0 aliphatic rings. The minimum Gasteiger partial charge on any atom is -0.351 e. The zero-order valence-electron chi connectivity index (χ0n) is 13.2. The van der Waals surface area contributed by atoms with E-state index in [2.05, 4.69) is 5.32 Å². The Hall–Kier alpha value is -2.54. The minimum absolute atomic E-state index is 0.0481. The van der Waals surface area contributed by atoms with Crippen LogP contribution in [-0.4, -0.2) is 27.3 Å². The van der Waals surface area contributed by atoms with E-state index in [1.807, 2.05) is 30.3 Å². The number of rotatable bonds is 7. The predicted octanol–water partition coefficient (Wildman–Crippen LogP) is 2.58. The highest BCUT2D eigenvalue weighted by Gasteiger charge is 2.13. The number of carbonyl (C=O) groups is 1. The second-order valence-corrected chi connectivity index (χ2v) is 6.86. The molecule has 0 aliphatic carbocycles. The summed E-state index contributed by atoms with van der Waals surface area (Å²) in [7, 11) is -1.06. The molecule has 0 aliphatic heterocycles. The maximum absolute atomic E-state index is 12.1. The molecule has 1 N–H and O–H groups in total. The fourth-order valence-corrected chi connectivity index (χ4v) is 3.26. The van der Waals surface area contributed by atoms with E-state index in [0.29, 0.717) is 22.6 Å². The monoisotopic (exact) mass is 346 g/mol. The number of benzene rings is 2. The van der Waals surface area contributed by atoms with Crippen LogP contribution in [0.1, 0.15) is 21.5 Å². The van der Waals surface area contributed by atoms with Crippen LogP contribution in [0, 0.1) is 17.0 Å². The zero-order chi connectivity index (χ0) is 17.5. The van der Waals surface area contributed by atoms with Gasteiger partial charge in [0.1, 0.15) is 0 Å². The van der Waals surface area contributed by atoms with E-state index in [1.165, 1.54) is 18.2 Å². The van der Waals surface area contributed by atoms with Gasteiger partial charge in [-0.2, -0.15) is 0 Å². The van der Waals surface area contributed by atoms with Gasteiger partial charge in [0.25, 0.3) is 11.6 Å². The molecule has 24 heavy (non-hydrogen) atoms. The average Bonchev–Trinajstić information content (AvgIpc) is 2.55. The third kappa shape index (κ3) is 4.99. The molecular formula is C17H18N2O4S. The normalized spacial score (nSPS) is 11.7. The molecule has 0 bridgehead atoms. The molecule has 0 fully saturated rings. The topological polar surface area (TPSA) is 89.3 Å². The van der Waals surface area contributed by atoms with E-state index in [-0.39, 0.29) is 18.1 Å². The van der Waals surface area contributed by atoms with E-state index in [9.17, 15) is 19.1 Å². The molecule has 0 heterocycles. The van der Waals surface area contributed by atoms with Crippen molar-refractivity contribution in [1.29, 1.82) is 0 Å². The molecule has 7 heteroatoms. The van der Waals surface area contributed by atoms with E-state index in [1.54, 1.807) is 6.92 Å². The van der Waals surface area contributed by atoms with Crippen LogP contribution < -0.4 is 5.32 Å². The lowest BCUT2D eigenvalue weighted by atomic mass is 10.1. The quantitative estimate of drug-likeness (QED) is 0.616. The van der Waals surface area contributed by atoms with Crippen molar-refractivity contribution in [3.05, 3.63) is 75.3 Å². The van der Waals surface area contributed by atoms with Crippen LogP contribution in [0.25, 0.3) is 0 Å². The molecule has 2 aromatic rings. The fraction of sp³-hybridized carbons (Fsp3) is 0.235. The van der Waals surface area contributed by atoms with Crippen LogP contribution >= 0.6 is 0 Å². The molecule has 0 radical (unpaired) electrons. The Labute approximate surface area is 142 Å². The summed E-state index contributed by atoms with van der Waals surface area (Å²) in [5.74, 6) is 0.485. The summed E-state index contributed by atoms with van der Waals surface area (Å²) in [5.41, 5.74) is 1.86. The second-order valence-electron chi connectivity index (χ2n) is 5.29. The lowest BCUT2D eigenvalue weighted by Crippen LogP contribution is -2.28. The molecule has 0 saturated heterocycles. The summed E-state index contributed by atoms with van der Waals surface area (Å²) >= 11 is 0. The standard InChI is InChI=1S/C17H18N2O4S/c1-13-11-15(19(21)22)7-8-16(13)17(20)18-9-10-24(23)12-14-5-3-2-4-6-14/h2-8,11H,9-10,12H2,1H3,(H,18,20)/t24-/m1/s1. The number of hydrogen-bond donors (Lipinski definition) is 1. The van der Waals surface area contributed by atoms with Crippen molar-refractivity contribution in [2.45, 2.75) is 12.7 Å². The van der Waals surface area contributed by atoms with Gasteiger partial charge in [-0.25, -0.2) is 0 Å². The molecule has 126 valence electrons. The van der Waals surface area contributed by atoms with E-state index in [0.717, 1.165) is 5.56 Å². The molecule has 0 saturated carbocycles. The van der Waals surface area contributed by atoms with E-state index < -0.39 is 15.7 Å². The smallest absolute Gasteiger partial charge is 0.269 e. The van der Waals surface area contributed by atoms with Crippen LogP contribution in [0.2, 0.25) is 0 Å². The predicted molar refractivity (Wildman–Crippen MR) is 93.3 cm³/mol. The number of hydrogen-bond acceptors (Lipinski definition) is 4. The van der Waals surface area contributed by atoms with E-state index in [4.69, 9.17) is 0 Å². The summed E-state index contributed by atoms with van der Waals surface area (Å²) < 4.78 is 12.0. The Bertz CT molecular complexity index is 762. The zero-order valence-corrected chi connectivity index (χ0v) is 14.0. The van der Waals surface area contributed by atoms with Gasteiger partial charge in [0.05, 0.1) is 4.92 Å². The van der Waals surface area contributed by atoms with Crippen molar-refractivity contribution in [2.75, 3.05) is 12.3 Å². The third-order valence-corrected chi connectivity index (χ3v) is 4.77. The van der Waals surface area contributed by atoms with Gasteiger partial charge in [-0.3, -0.25) is 19.1 Å². The van der Waals surface area contributed by atoms with Gasteiger partial charge < -0.3 is 5.32 Å². The van der Waals surface area contributed by atoms with Gasteiger partial charge in [-0.15, -0.1) is 0 Å². The minimum atomic E-state index is -1.06. The Kier molecular flexibility index (Phi) is 6.20. The SMILES string of the molecule is Cc1cc([N+](=O)[O-])ccc1C(=O)NCC[S@@](=O)Cc1ccccc1. The Morgan fingerprint density at radius 1 is 1.21 bits per heavy atom. The summed E-state index contributed by atoms with van der Waals surface area (Å²) in [4.78, 5) is 22.3. The van der Waals surface area contributed by atoms with Crippen LogP contribution in [-0.2, 0) is 16.6 Å². The number of nitrogens with one attached hydrogen (secondary N) is 1. The van der Waals surface area contributed by atoms with Gasteiger partial charge in [0.2, 0.25) is 0 Å². The lowest BCUT2D eigenvalue weighted by molar-refractivity contribution is -0.384. The highest BCUT2D eigenvalue weighted by molar-refractivity contribution is 7.84. The molecule has 6 nitrogen and oxygen atoms in total. The Morgan fingerprint density at radius 2 is 1.92 bits per heavy atom. The lowest BCUT2D eigenvalue weighted by Gasteiger charge is -2.08. The molecule has 0 aromatic heterocycles. The molecule has 0 unspecified atom stereocenters. The number of nitrogens with zero attached hydrogens (tertiary/aromatic N) is 1. The van der Waals surface area contributed by atoms with Crippen molar-refractivity contribution in [2.24, 2.45) is 0 Å². The first-order valence-corrected chi connectivity index (χ1v) is 8.88. The molecule has 1 atom stereocenters. The van der Waals surface area contributed by atoms with Crippen molar-refractivity contribution in [3.63, 3.8) is 0 Å². The van der Waals surface area contributed by atoms with Crippen LogP contribution in [0.4, 0.5) is 5.69 Å². The molecular weight excluding hydrogens is 328 g/mol. The number of nitro groups is 1. The van der Waals surface area contributed by atoms with Gasteiger partial charge in [0.15, 0.2) is 0 Å². The fourth-order valence-electron chi connectivity index (χ4n) is 2.22. The number of carbonyl (C=O) groups excluding carboxylic acids is 1.